The summed E-state index contributed by atoms with van der Waals surface area (Å²) < 4.78 is 27.3. The number of sulfonamides is 1. The maximum atomic E-state index is 11.8. The number of rotatable bonds is 3. The minimum Gasteiger partial charge on any atom is -0.342 e. The Balaban J connectivity index is 2.36. The molecule has 0 atom stereocenters. The van der Waals surface area contributed by atoms with E-state index in [0.717, 1.165) is 12.8 Å². The van der Waals surface area contributed by atoms with E-state index >= 15 is 0 Å². The third-order valence-electron chi connectivity index (χ3n) is 2.34. The molecule has 2 heterocycles. The van der Waals surface area contributed by atoms with Gasteiger partial charge in [0.15, 0.2) is 0 Å². The molecule has 0 saturated heterocycles. The zero-order valence-electron chi connectivity index (χ0n) is 8.97. The molecule has 1 aliphatic rings. The standard InChI is InChI=1S/C10H13N3O2S/c1-2-3-4-10-12-8-5-6-11-7-9(8)16(14,15)13-10/h5-7H,2-4H2,1H3,(H,12,13). The normalized spacial score (nSPS) is 17.2. The zero-order chi connectivity index (χ0) is 11.6. The molecule has 0 bridgehead atoms. The maximum Gasteiger partial charge on any atom is 0.287 e. The number of amidine groups is 1. The summed E-state index contributed by atoms with van der Waals surface area (Å²) in [6, 6.07) is 1.65. The van der Waals surface area contributed by atoms with Gasteiger partial charge in [-0.3, -0.25) is 4.98 Å². The molecule has 1 aliphatic heterocycles. The van der Waals surface area contributed by atoms with Crippen molar-refractivity contribution in [2.24, 2.45) is 4.40 Å². The largest absolute Gasteiger partial charge is 0.342 e. The molecule has 0 aliphatic carbocycles. The number of nitrogens with one attached hydrogen (secondary N) is 1. The van der Waals surface area contributed by atoms with Crippen LogP contribution in [0.1, 0.15) is 26.2 Å². The molecule has 1 aromatic heterocycles. The van der Waals surface area contributed by atoms with E-state index in [2.05, 4.69) is 21.6 Å². The number of anilines is 1. The molecule has 0 radical (unpaired) electrons. The van der Waals surface area contributed by atoms with Crippen LogP contribution in [-0.2, 0) is 10.0 Å². The van der Waals surface area contributed by atoms with Gasteiger partial charge in [-0.05, 0) is 12.5 Å². The molecule has 86 valence electrons. The second-order valence-corrected chi connectivity index (χ2v) is 5.19. The van der Waals surface area contributed by atoms with Gasteiger partial charge in [0.2, 0.25) is 0 Å². The van der Waals surface area contributed by atoms with Gasteiger partial charge in [0, 0.05) is 18.8 Å². The molecule has 16 heavy (non-hydrogen) atoms. The summed E-state index contributed by atoms with van der Waals surface area (Å²) in [4.78, 5) is 3.94. The summed E-state index contributed by atoms with van der Waals surface area (Å²) in [6.07, 6.45) is 5.45. The second-order valence-electron chi connectivity index (χ2n) is 3.61. The van der Waals surface area contributed by atoms with Crippen LogP contribution in [0.15, 0.2) is 27.8 Å². The molecule has 0 unspecified atom stereocenters. The van der Waals surface area contributed by atoms with E-state index in [1.807, 2.05) is 0 Å². The lowest BCUT2D eigenvalue weighted by molar-refractivity contribution is 0.597. The minimum absolute atomic E-state index is 0.148. The van der Waals surface area contributed by atoms with Gasteiger partial charge in [-0.1, -0.05) is 13.3 Å². The fourth-order valence-electron chi connectivity index (χ4n) is 1.51. The fraction of sp³-hybridized carbons (Fsp3) is 0.400. The van der Waals surface area contributed by atoms with Crippen molar-refractivity contribution in [1.29, 1.82) is 0 Å². The van der Waals surface area contributed by atoms with Gasteiger partial charge in [0.1, 0.15) is 10.7 Å². The van der Waals surface area contributed by atoms with Crippen LogP contribution in [0.3, 0.4) is 0 Å². The van der Waals surface area contributed by atoms with Crippen molar-refractivity contribution >= 4 is 21.5 Å². The SMILES string of the molecule is CCCCC1=NS(=O)(=O)c2cnccc2N1. The molecular formula is C10H13N3O2S. The molecule has 0 saturated carbocycles. The van der Waals surface area contributed by atoms with Crippen molar-refractivity contribution < 1.29 is 8.42 Å². The van der Waals surface area contributed by atoms with Crippen molar-refractivity contribution in [2.45, 2.75) is 31.1 Å². The van der Waals surface area contributed by atoms with E-state index in [1.54, 1.807) is 12.3 Å². The number of aromatic nitrogens is 1. The van der Waals surface area contributed by atoms with Crippen LogP contribution in [0.5, 0.6) is 0 Å². The number of unbranched alkanes of at least 4 members (excludes halogenated alkanes) is 1. The first-order valence-corrected chi connectivity index (χ1v) is 6.62. The Hall–Kier alpha value is -1.43. The van der Waals surface area contributed by atoms with E-state index in [1.165, 1.54) is 6.20 Å². The van der Waals surface area contributed by atoms with Gasteiger partial charge in [-0.25, -0.2) is 0 Å². The predicted octanol–water partition coefficient (Wildman–Crippen LogP) is 1.78. The average molecular weight is 239 g/mol. The Morgan fingerprint density at radius 1 is 1.44 bits per heavy atom. The van der Waals surface area contributed by atoms with E-state index in [9.17, 15) is 8.42 Å². The molecule has 5 nitrogen and oxygen atoms in total. The highest BCUT2D eigenvalue weighted by atomic mass is 32.2. The first-order valence-electron chi connectivity index (χ1n) is 5.18. The van der Waals surface area contributed by atoms with E-state index in [4.69, 9.17) is 0 Å². The fourth-order valence-corrected chi connectivity index (χ4v) is 2.63. The molecule has 6 heteroatoms. The summed E-state index contributed by atoms with van der Waals surface area (Å²) in [5.41, 5.74) is 0.566. The first-order chi connectivity index (χ1) is 7.63. The van der Waals surface area contributed by atoms with Crippen LogP contribution in [-0.4, -0.2) is 19.2 Å². The number of hydrogen-bond acceptors (Lipinski definition) is 4. The van der Waals surface area contributed by atoms with Crippen molar-refractivity contribution in [3.63, 3.8) is 0 Å². The third kappa shape index (κ3) is 2.06. The quantitative estimate of drug-likeness (QED) is 0.872. The second kappa shape index (κ2) is 4.21. The van der Waals surface area contributed by atoms with Gasteiger partial charge in [-0.2, -0.15) is 8.42 Å². The van der Waals surface area contributed by atoms with Crippen LogP contribution in [0.2, 0.25) is 0 Å². The number of hydrogen-bond donors (Lipinski definition) is 1. The Kier molecular flexibility index (Phi) is 2.91. The van der Waals surface area contributed by atoms with E-state index in [-0.39, 0.29) is 4.90 Å². The highest BCUT2D eigenvalue weighted by molar-refractivity contribution is 7.90. The highest BCUT2D eigenvalue weighted by Gasteiger charge is 2.24. The molecular weight excluding hydrogens is 226 g/mol. The van der Waals surface area contributed by atoms with Gasteiger partial charge in [-0.15, -0.1) is 4.40 Å². The Bertz CT molecular complexity index is 523. The summed E-state index contributed by atoms with van der Waals surface area (Å²) in [5, 5.41) is 3.02. The minimum atomic E-state index is -3.56. The van der Waals surface area contributed by atoms with Gasteiger partial charge in [0.05, 0.1) is 5.69 Å². The van der Waals surface area contributed by atoms with E-state index in [0.29, 0.717) is 17.9 Å². The average Bonchev–Trinajstić information content (AvgIpc) is 2.25. The summed E-state index contributed by atoms with van der Waals surface area (Å²) in [6.45, 7) is 2.05. The predicted molar refractivity (Wildman–Crippen MR) is 62.0 cm³/mol. The van der Waals surface area contributed by atoms with E-state index < -0.39 is 10.0 Å². The smallest absolute Gasteiger partial charge is 0.287 e. The monoisotopic (exact) mass is 239 g/mol. The van der Waals surface area contributed by atoms with Crippen molar-refractivity contribution in [3.8, 4) is 0 Å². The molecule has 0 spiro atoms. The van der Waals surface area contributed by atoms with Crippen LogP contribution in [0.25, 0.3) is 0 Å². The van der Waals surface area contributed by atoms with Gasteiger partial charge < -0.3 is 5.32 Å². The third-order valence-corrected chi connectivity index (χ3v) is 3.68. The maximum absolute atomic E-state index is 11.8. The van der Waals surface area contributed by atoms with Crippen LogP contribution in [0, 0.1) is 0 Å². The van der Waals surface area contributed by atoms with Gasteiger partial charge >= 0.3 is 0 Å². The molecule has 1 aromatic rings. The molecule has 1 N–H and O–H groups in total. The molecule has 0 aromatic carbocycles. The van der Waals surface area contributed by atoms with Gasteiger partial charge in [0.25, 0.3) is 10.0 Å². The van der Waals surface area contributed by atoms with Crippen molar-refractivity contribution in [3.05, 3.63) is 18.5 Å². The van der Waals surface area contributed by atoms with Crippen molar-refractivity contribution in [1.82, 2.24) is 4.98 Å². The number of pyridine rings is 1. The van der Waals surface area contributed by atoms with Crippen LogP contribution >= 0.6 is 0 Å². The topological polar surface area (TPSA) is 71.4 Å². The lowest BCUT2D eigenvalue weighted by atomic mass is 10.2. The summed E-state index contributed by atoms with van der Waals surface area (Å²) >= 11 is 0. The summed E-state index contributed by atoms with van der Waals surface area (Å²) in [5.74, 6) is 0.514. The molecule has 2 rings (SSSR count). The van der Waals surface area contributed by atoms with Crippen molar-refractivity contribution in [2.75, 3.05) is 5.32 Å². The van der Waals surface area contributed by atoms with Crippen LogP contribution < -0.4 is 5.32 Å². The molecule has 0 amide bonds. The Morgan fingerprint density at radius 2 is 2.25 bits per heavy atom. The Labute approximate surface area is 94.7 Å². The van der Waals surface area contributed by atoms with Crippen LogP contribution in [0.4, 0.5) is 5.69 Å². The highest BCUT2D eigenvalue weighted by Crippen LogP contribution is 2.26. The first kappa shape index (κ1) is 11.1. The number of nitrogens with zero attached hydrogens (tertiary/aromatic N) is 2. The zero-order valence-corrected chi connectivity index (χ0v) is 9.79. The molecule has 0 fully saturated rings. The summed E-state index contributed by atoms with van der Waals surface area (Å²) in [7, 11) is -3.56. The lowest BCUT2D eigenvalue weighted by Crippen LogP contribution is -2.21. The Morgan fingerprint density at radius 3 is 3.00 bits per heavy atom. The number of fused-ring (bicyclic) bond motifs is 1. The lowest BCUT2D eigenvalue weighted by Gasteiger charge is -2.17.